The molecule has 3 aromatic rings. The highest BCUT2D eigenvalue weighted by Gasteiger charge is 2.19. The van der Waals surface area contributed by atoms with Crippen molar-refractivity contribution in [1.29, 1.82) is 0 Å². The van der Waals surface area contributed by atoms with E-state index in [0.29, 0.717) is 17.2 Å². The van der Waals surface area contributed by atoms with Crippen LogP contribution in [0.2, 0.25) is 5.02 Å². The summed E-state index contributed by atoms with van der Waals surface area (Å²) in [6.07, 6.45) is 0. The highest BCUT2D eigenvalue weighted by Crippen LogP contribution is 2.35. The number of imidazole rings is 1. The third-order valence-corrected chi connectivity index (χ3v) is 3.37. The number of nitrogen functional groups attached to an aromatic ring is 1. The number of hydrogen-bond donors (Lipinski definition) is 1. The second-order valence-electron chi connectivity index (χ2n) is 4.20. The Bertz CT molecular complexity index is 780. The van der Waals surface area contributed by atoms with Gasteiger partial charge in [0.25, 0.3) is 0 Å². The highest BCUT2D eigenvalue weighted by molar-refractivity contribution is 6.33. The molecule has 0 aliphatic rings. The lowest BCUT2D eigenvalue weighted by Crippen LogP contribution is -1.99. The molecule has 1 aromatic carbocycles. The monoisotopic (exact) mass is 291 g/mol. The van der Waals surface area contributed by atoms with Crippen LogP contribution < -0.4 is 10.5 Å². The number of nitrogens with zero attached hydrogens (tertiary/aromatic N) is 2. The number of rotatable bonds is 2. The maximum absolute atomic E-state index is 14.0. The number of methoxy groups -OCH3 is 1. The summed E-state index contributed by atoms with van der Waals surface area (Å²) < 4.78 is 20.8. The number of ether oxygens (including phenoxy) is 1. The van der Waals surface area contributed by atoms with Crippen LogP contribution in [-0.2, 0) is 0 Å². The molecule has 6 heteroatoms. The number of hydrogen-bond acceptors (Lipinski definition) is 3. The van der Waals surface area contributed by atoms with E-state index in [0.717, 1.165) is 0 Å². The van der Waals surface area contributed by atoms with Crippen molar-refractivity contribution >= 4 is 23.1 Å². The average molecular weight is 292 g/mol. The Morgan fingerprint density at radius 3 is 2.70 bits per heavy atom. The van der Waals surface area contributed by atoms with E-state index < -0.39 is 5.82 Å². The van der Waals surface area contributed by atoms with Crippen LogP contribution in [0.1, 0.15) is 0 Å². The normalized spacial score (nSPS) is 10.9. The van der Waals surface area contributed by atoms with Gasteiger partial charge in [-0.05, 0) is 24.3 Å². The van der Waals surface area contributed by atoms with Gasteiger partial charge in [0.1, 0.15) is 23.0 Å². The van der Waals surface area contributed by atoms with Crippen molar-refractivity contribution in [3.8, 4) is 17.1 Å². The molecule has 0 bridgehead atoms. The number of halogens is 2. The van der Waals surface area contributed by atoms with Crippen molar-refractivity contribution < 1.29 is 9.13 Å². The number of anilines is 1. The highest BCUT2D eigenvalue weighted by atomic mass is 35.5. The first-order valence-electron chi connectivity index (χ1n) is 5.89. The summed E-state index contributed by atoms with van der Waals surface area (Å²) in [7, 11) is 1.53. The minimum atomic E-state index is -0.466. The van der Waals surface area contributed by atoms with Crippen LogP contribution in [0.5, 0.6) is 5.88 Å². The molecule has 0 atom stereocenters. The van der Waals surface area contributed by atoms with E-state index in [1.54, 1.807) is 28.7 Å². The van der Waals surface area contributed by atoms with Crippen molar-refractivity contribution in [3.63, 3.8) is 0 Å². The molecule has 3 rings (SSSR count). The molecule has 0 spiro atoms. The van der Waals surface area contributed by atoms with Crippen LogP contribution in [0.25, 0.3) is 16.9 Å². The van der Waals surface area contributed by atoms with E-state index in [9.17, 15) is 4.39 Å². The Kier molecular flexibility index (Phi) is 2.99. The van der Waals surface area contributed by atoms with Crippen molar-refractivity contribution in [2.75, 3.05) is 12.8 Å². The standard InChI is InChI=1S/C14H11ClFN3O/c1-20-11-7-3-6-10-18-13(14(17)19(10)11)12-8(15)4-2-5-9(12)16/h2-7H,17H2,1H3. The van der Waals surface area contributed by atoms with Crippen LogP contribution in [0.4, 0.5) is 10.2 Å². The van der Waals surface area contributed by atoms with Crippen LogP contribution in [0.3, 0.4) is 0 Å². The Balaban J connectivity index is 2.36. The molecule has 0 unspecified atom stereocenters. The first-order chi connectivity index (χ1) is 9.63. The number of nitrogens with two attached hydrogens (primary N) is 1. The lowest BCUT2D eigenvalue weighted by molar-refractivity contribution is 0.393. The van der Waals surface area contributed by atoms with E-state index in [1.807, 2.05) is 0 Å². The second-order valence-corrected chi connectivity index (χ2v) is 4.61. The first-order valence-corrected chi connectivity index (χ1v) is 6.26. The van der Waals surface area contributed by atoms with Crippen LogP contribution in [0.15, 0.2) is 36.4 Å². The summed E-state index contributed by atoms with van der Waals surface area (Å²) in [6, 6.07) is 9.75. The quantitative estimate of drug-likeness (QED) is 0.787. The summed E-state index contributed by atoms with van der Waals surface area (Å²) in [5.74, 6) is 0.335. The number of fused-ring (bicyclic) bond motifs is 1. The van der Waals surface area contributed by atoms with E-state index in [4.69, 9.17) is 22.1 Å². The summed E-state index contributed by atoms with van der Waals surface area (Å²) in [6.45, 7) is 0. The molecule has 2 N–H and O–H groups in total. The smallest absolute Gasteiger partial charge is 0.200 e. The predicted octanol–water partition coefficient (Wildman–Crippen LogP) is 3.38. The molecular weight excluding hydrogens is 281 g/mol. The third-order valence-electron chi connectivity index (χ3n) is 3.05. The lowest BCUT2D eigenvalue weighted by Gasteiger charge is -2.06. The Morgan fingerprint density at radius 2 is 2.00 bits per heavy atom. The summed E-state index contributed by atoms with van der Waals surface area (Å²) in [4.78, 5) is 4.35. The summed E-state index contributed by atoms with van der Waals surface area (Å²) >= 11 is 6.06. The fourth-order valence-corrected chi connectivity index (χ4v) is 2.41. The van der Waals surface area contributed by atoms with Gasteiger partial charge in [0.05, 0.1) is 17.7 Å². The van der Waals surface area contributed by atoms with E-state index in [1.165, 1.54) is 19.2 Å². The second kappa shape index (κ2) is 4.68. The van der Waals surface area contributed by atoms with E-state index in [2.05, 4.69) is 4.98 Å². The molecule has 0 fully saturated rings. The third kappa shape index (κ3) is 1.78. The molecule has 0 saturated heterocycles. The molecule has 0 amide bonds. The van der Waals surface area contributed by atoms with Gasteiger partial charge >= 0.3 is 0 Å². The van der Waals surface area contributed by atoms with E-state index >= 15 is 0 Å². The Morgan fingerprint density at radius 1 is 1.25 bits per heavy atom. The molecular formula is C14H11ClFN3O. The Labute approximate surface area is 119 Å². The minimum absolute atomic E-state index is 0.192. The Hall–Kier alpha value is -2.27. The number of pyridine rings is 1. The number of aromatic nitrogens is 2. The molecule has 20 heavy (non-hydrogen) atoms. The van der Waals surface area contributed by atoms with Gasteiger partial charge in [0, 0.05) is 0 Å². The van der Waals surface area contributed by atoms with Crippen LogP contribution in [-0.4, -0.2) is 16.5 Å². The zero-order chi connectivity index (χ0) is 14.3. The van der Waals surface area contributed by atoms with Crippen LogP contribution in [0, 0.1) is 5.82 Å². The average Bonchev–Trinajstić information content (AvgIpc) is 2.76. The molecule has 0 aliphatic heterocycles. The van der Waals surface area contributed by atoms with Gasteiger partial charge in [-0.15, -0.1) is 0 Å². The van der Waals surface area contributed by atoms with Gasteiger partial charge in [-0.2, -0.15) is 0 Å². The van der Waals surface area contributed by atoms with Gasteiger partial charge in [0.2, 0.25) is 5.88 Å². The fraction of sp³-hybridized carbons (Fsp3) is 0.0714. The molecule has 0 radical (unpaired) electrons. The van der Waals surface area contributed by atoms with Crippen molar-refractivity contribution in [2.45, 2.75) is 0 Å². The van der Waals surface area contributed by atoms with Gasteiger partial charge in [-0.3, -0.25) is 0 Å². The van der Waals surface area contributed by atoms with Crippen molar-refractivity contribution in [2.24, 2.45) is 0 Å². The molecule has 0 aliphatic carbocycles. The topological polar surface area (TPSA) is 52.5 Å². The summed E-state index contributed by atoms with van der Waals surface area (Å²) in [5.41, 5.74) is 7.14. The van der Waals surface area contributed by atoms with E-state index in [-0.39, 0.29) is 16.4 Å². The molecule has 4 nitrogen and oxygen atoms in total. The van der Waals surface area contributed by atoms with Gasteiger partial charge in [0.15, 0.2) is 0 Å². The molecule has 102 valence electrons. The maximum Gasteiger partial charge on any atom is 0.200 e. The first kappa shape index (κ1) is 12.7. The fourth-order valence-electron chi connectivity index (χ4n) is 2.15. The van der Waals surface area contributed by atoms with Gasteiger partial charge in [-0.1, -0.05) is 23.7 Å². The zero-order valence-corrected chi connectivity index (χ0v) is 11.4. The zero-order valence-electron chi connectivity index (χ0n) is 10.6. The minimum Gasteiger partial charge on any atom is -0.482 e. The maximum atomic E-state index is 14.0. The molecule has 0 saturated carbocycles. The predicted molar refractivity (Wildman–Crippen MR) is 76.6 cm³/mol. The SMILES string of the molecule is COc1cccc2nc(-c3c(F)cccc3Cl)c(N)n12. The molecule has 2 aromatic heterocycles. The lowest BCUT2D eigenvalue weighted by atomic mass is 10.1. The van der Waals surface area contributed by atoms with Crippen LogP contribution >= 0.6 is 11.6 Å². The number of benzene rings is 1. The molecule has 2 heterocycles. The summed E-state index contributed by atoms with van der Waals surface area (Å²) in [5, 5.41) is 0.263. The van der Waals surface area contributed by atoms with Gasteiger partial charge < -0.3 is 10.5 Å². The van der Waals surface area contributed by atoms with Crippen molar-refractivity contribution in [1.82, 2.24) is 9.38 Å². The van der Waals surface area contributed by atoms with Crippen molar-refractivity contribution in [3.05, 3.63) is 47.2 Å². The van der Waals surface area contributed by atoms with Gasteiger partial charge in [-0.25, -0.2) is 13.8 Å². The largest absolute Gasteiger partial charge is 0.482 e.